The van der Waals surface area contributed by atoms with E-state index in [0.717, 1.165) is 0 Å². The Hall–Kier alpha value is -3.01. The van der Waals surface area contributed by atoms with Gasteiger partial charge in [-0.15, -0.1) is 10.1 Å². The first-order valence-corrected chi connectivity index (χ1v) is 8.84. The highest BCUT2D eigenvalue weighted by atomic mass is 17.0. The summed E-state index contributed by atoms with van der Waals surface area (Å²) in [6, 6.07) is 6.47. The van der Waals surface area contributed by atoms with Gasteiger partial charge in [0.1, 0.15) is 18.0 Å². The summed E-state index contributed by atoms with van der Waals surface area (Å²) in [6.07, 6.45) is -1.33. The zero-order valence-corrected chi connectivity index (χ0v) is 17.3. The molecule has 1 aromatic carbocycles. The maximum atomic E-state index is 12.5. The van der Waals surface area contributed by atoms with E-state index in [1.54, 1.807) is 38.1 Å². The lowest BCUT2D eigenvalue weighted by Crippen LogP contribution is -2.47. The van der Waals surface area contributed by atoms with Crippen LogP contribution in [0.2, 0.25) is 0 Å². The van der Waals surface area contributed by atoms with Gasteiger partial charge < -0.3 is 19.6 Å². The van der Waals surface area contributed by atoms with Gasteiger partial charge in [0.25, 0.3) is 5.09 Å². The Bertz CT molecular complexity index is 771. The van der Waals surface area contributed by atoms with Crippen LogP contribution < -0.4 is 10.1 Å². The molecule has 0 fully saturated rings. The Morgan fingerprint density at radius 2 is 1.66 bits per heavy atom. The van der Waals surface area contributed by atoms with E-state index in [9.17, 15) is 24.5 Å². The van der Waals surface area contributed by atoms with Crippen LogP contribution in [0.5, 0.6) is 5.75 Å². The lowest BCUT2D eigenvalue weighted by molar-refractivity contribution is -0.763. The quantitative estimate of drug-likeness (QED) is 0.434. The molecule has 1 rings (SSSR count). The Morgan fingerprint density at radius 1 is 1.10 bits per heavy atom. The highest BCUT2D eigenvalue weighted by Gasteiger charge is 2.37. The summed E-state index contributed by atoms with van der Waals surface area (Å²) in [4.78, 5) is 50.4. The van der Waals surface area contributed by atoms with Gasteiger partial charge in [-0.05, 0) is 58.9 Å². The van der Waals surface area contributed by atoms with Crippen LogP contribution in [0.3, 0.4) is 0 Å². The lowest BCUT2D eigenvalue weighted by atomic mass is 9.98. The summed E-state index contributed by atoms with van der Waals surface area (Å²) >= 11 is 0. The predicted octanol–water partition coefficient (Wildman–Crippen LogP) is 2.33. The number of carbonyl (C=O) groups is 3. The molecule has 0 saturated heterocycles. The van der Waals surface area contributed by atoms with Crippen molar-refractivity contribution >= 4 is 23.2 Å². The van der Waals surface area contributed by atoms with Gasteiger partial charge in [0.05, 0.1) is 0 Å². The molecule has 0 aliphatic carbocycles. The molecule has 0 radical (unpaired) electrons. The van der Waals surface area contributed by atoms with Crippen LogP contribution in [-0.2, 0) is 24.0 Å². The molecule has 1 N–H and O–H groups in total. The van der Waals surface area contributed by atoms with Gasteiger partial charge in [-0.25, -0.2) is 0 Å². The minimum atomic E-state index is -1.47. The van der Waals surface area contributed by atoms with E-state index in [-0.39, 0.29) is 5.91 Å². The molecule has 1 unspecified atom stereocenters. The summed E-state index contributed by atoms with van der Waals surface area (Å²) in [5, 5.41) is 11.9. The first-order chi connectivity index (χ1) is 13.2. The molecule has 29 heavy (non-hydrogen) atoms. The van der Waals surface area contributed by atoms with E-state index >= 15 is 0 Å². The number of carbonyl (C=O) groups excluding carboxylic acids is 3. The zero-order chi connectivity index (χ0) is 22.4. The SMILES string of the molecule is CC(=O)Nc1ccc(OC(C)(C)C(=O)COC(C)(C)C(=O)C(C)O[N+](=O)[O-])cc1. The fourth-order valence-corrected chi connectivity index (χ4v) is 2.32. The molecule has 10 heteroatoms. The highest BCUT2D eigenvalue weighted by Crippen LogP contribution is 2.23. The average Bonchev–Trinajstić information content (AvgIpc) is 2.59. The van der Waals surface area contributed by atoms with Crippen LogP contribution in [0.4, 0.5) is 5.69 Å². The molecule has 0 spiro atoms. The number of ether oxygens (including phenoxy) is 2. The Balaban J connectivity index is 2.70. The fourth-order valence-electron chi connectivity index (χ4n) is 2.32. The van der Waals surface area contributed by atoms with Crippen molar-refractivity contribution in [3.63, 3.8) is 0 Å². The van der Waals surface area contributed by atoms with E-state index in [4.69, 9.17) is 9.47 Å². The van der Waals surface area contributed by atoms with Crippen LogP contribution in [-0.4, -0.2) is 46.5 Å². The molecule has 0 aliphatic rings. The van der Waals surface area contributed by atoms with Crippen LogP contribution in [0.15, 0.2) is 24.3 Å². The average molecular weight is 410 g/mol. The predicted molar refractivity (Wildman–Crippen MR) is 103 cm³/mol. The Morgan fingerprint density at radius 3 is 2.14 bits per heavy atom. The summed E-state index contributed by atoms with van der Waals surface area (Å²) in [5.41, 5.74) is -2.15. The normalized spacial score (nSPS) is 12.6. The number of nitrogens with zero attached hydrogens (tertiary/aromatic N) is 1. The van der Waals surface area contributed by atoms with Crippen molar-refractivity contribution < 1.29 is 33.8 Å². The second-order valence-corrected chi connectivity index (χ2v) is 7.38. The molecule has 0 bridgehead atoms. The highest BCUT2D eigenvalue weighted by molar-refractivity contribution is 5.92. The molecule has 0 aromatic heterocycles. The van der Waals surface area contributed by atoms with E-state index in [0.29, 0.717) is 11.4 Å². The second-order valence-electron chi connectivity index (χ2n) is 7.38. The van der Waals surface area contributed by atoms with Crippen LogP contribution in [0, 0.1) is 10.1 Å². The van der Waals surface area contributed by atoms with Crippen LogP contribution in [0.1, 0.15) is 41.5 Å². The van der Waals surface area contributed by atoms with Gasteiger partial charge in [-0.2, -0.15) is 0 Å². The third-order valence-corrected chi connectivity index (χ3v) is 3.99. The minimum Gasteiger partial charge on any atom is -0.480 e. The van der Waals surface area contributed by atoms with Crippen molar-refractivity contribution in [2.24, 2.45) is 0 Å². The molecule has 0 saturated carbocycles. The molecule has 10 nitrogen and oxygen atoms in total. The number of benzene rings is 1. The smallest absolute Gasteiger partial charge is 0.295 e. The standard InChI is InChI=1S/C19H26N2O8/c1-12(29-21(25)26)17(24)19(5,6)27-11-16(23)18(3,4)28-15-9-7-14(8-10-15)20-13(2)22/h7-10,12H,11H2,1-6H3,(H,20,22). The van der Waals surface area contributed by atoms with Gasteiger partial charge in [0.15, 0.2) is 17.5 Å². The van der Waals surface area contributed by atoms with Crippen molar-refractivity contribution in [1.82, 2.24) is 0 Å². The first kappa shape index (κ1) is 24.0. The summed E-state index contributed by atoms with van der Waals surface area (Å²) in [6.45, 7) is 8.08. The molecule has 160 valence electrons. The van der Waals surface area contributed by atoms with E-state index in [2.05, 4.69) is 10.2 Å². The largest absolute Gasteiger partial charge is 0.480 e. The van der Waals surface area contributed by atoms with Gasteiger partial charge in [-0.1, -0.05) is 0 Å². The second kappa shape index (κ2) is 9.46. The number of Topliss-reactive ketones (excluding diaryl/α,β-unsaturated/α-hetero) is 2. The zero-order valence-electron chi connectivity index (χ0n) is 17.3. The summed E-state index contributed by atoms with van der Waals surface area (Å²) < 4.78 is 11.1. The number of hydrogen-bond acceptors (Lipinski definition) is 8. The molecule has 1 amide bonds. The fraction of sp³-hybridized carbons (Fsp3) is 0.526. The minimum absolute atomic E-state index is 0.207. The van der Waals surface area contributed by atoms with Crippen molar-refractivity contribution in [2.75, 3.05) is 11.9 Å². The number of nitrogens with one attached hydrogen (secondary N) is 1. The van der Waals surface area contributed by atoms with Gasteiger partial charge in [-0.3, -0.25) is 14.4 Å². The molecular weight excluding hydrogens is 384 g/mol. The van der Waals surface area contributed by atoms with Crippen molar-refractivity contribution in [2.45, 2.75) is 58.8 Å². The number of hydrogen-bond donors (Lipinski definition) is 1. The number of anilines is 1. The monoisotopic (exact) mass is 410 g/mol. The van der Waals surface area contributed by atoms with Gasteiger partial charge in [0, 0.05) is 12.6 Å². The number of rotatable bonds is 11. The Kier molecular flexibility index (Phi) is 7.84. The van der Waals surface area contributed by atoms with E-state index in [1.165, 1.54) is 27.7 Å². The molecule has 1 aromatic rings. The summed E-state index contributed by atoms with van der Waals surface area (Å²) in [7, 11) is 0. The van der Waals surface area contributed by atoms with Crippen LogP contribution >= 0.6 is 0 Å². The topological polar surface area (TPSA) is 134 Å². The first-order valence-electron chi connectivity index (χ1n) is 8.84. The Labute approximate surface area is 168 Å². The maximum Gasteiger partial charge on any atom is 0.295 e. The third kappa shape index (κ3) is 7.49. The van der Waals surface area contributed by atoms with Crippen molar-refractivity contribution in [1.29, 1.82) is 0 Å². The number of ketones is 2. The van der Waals surface area contributed by atoms with Crippen molar-refractivity contribution in [3.05, 3.63) is 34.4 Å². The molecule has 0 heterocycles. The van der Waals surface area contributed by atoms with Crippen molar-refractivity contribution in [3.8, 4) is 5.75 Å². The van der Waals surface area contributed by atoms with Gasteiger partial charge >= 0.3 is 0 Å². The lowest BCUT2D eigenvalue weighted by Gasteiger charge is -2.29. The van der Waals surface area contributed by atoms with Gasteiger partial charge in [0.2, 0.25) is 11.7 Å². The molecule has 1 atom stereocenters. The van der Waals surface area contributed by atoms with Crippen LogP contribution in [0.25, 0.3) is 0 Å². The summed E-state index contributed by atoms with van der Waals surface area (Å²) in [5.74, 6) is -0.913. The maximum absolute atomic E-state index is 12.5. The van der Waals surface area contributed by atoms with E-state index in [1.807, 2.05) is 0 Å². The van der Waals surface area contributed by atoms with E-state index < -0.39 is 40.6 Å². The molecule has 0 aliphatic heterocycles. The molecular formula is C19H26N2O8. The third-order valence-electron chi connectivity index (χ3n) is 3.99. The number of amides is 1.